The van der Waals surface area contributed by atoms with Gasteiger partial charge in [0.2, 0.25) is 0 Å². The van der Waals surface area contributed by atoms with E-state index in [0.717, 1.165) is 0 Å². The lowest BCUT2D eigenvalue weighted by Gasteiger charge is -2.07. The third kappa shape index (κ3) is 2.47. The Morgan fingerprint density at radius 3 is 2.33 bits per heavy atom. The van der Waals surface area contributed by atoms with Crippen molar-refractivity contribution in [3.05, 3.63) is 63.4 Å². The van der Waals surface area contributed by atoms with Gasteiger partial charge in [-0.1, -0.05) is 23.2 Å². The molecule has 2 aromatic rings. The second-order valence-electron chi connectivity index (χ2n) is 3.70. The quantitative estimate of drug-likeness (QED) is 0.670. The molecule has 0 aromatic heterocycles. The van der Waals surface area contributed by atoms with Gasteiger partial charge < -0.3 is 5.73 Å². The molecule has 0 spiro atoms. The Balaban J connectivity index is 2.49. The van der Waals surface area contributed by atoms with Crippen LogP contribution >= 0.6 is 23.2 Å². The SMILES string of the molecule is Nc1cc(Cl)c(Cl)c(C(=O)c2ccc(F)cc2)c1. The van der Waals surface area contributed by atoms with Crippen molar-refractivity contribution >= 4 is 34.7 Å². The van der Waals surface area contributed by atoms with Gasteiger partial charge in [-0.3, -0.25) is 4.79 Å². The average molecular weight is 284 g/mol. The fourth-order valence-electron chi connectivity index (χ4n) is 1.53. The van der Waals surface area contributed by atoms with Gasteiger partial charge in [-0.05, 0) is 36.4 Å². The minimum absolute atomic E-state index is 0.139. The van der Waals surface area contributed by atoms with Crippen molar-refractivity contribution < 1.29 is 9.18 Å². The maximum atomic E-state index is 12.8. The van der Waals surface area contributed by atoms with Crippen LogP contribution in [0.5, 0.6) is 0 Å². The molecule has 92 valence electrons. The van der Waals surface area contributed by atoms with Crippen molar-refractivity contribution in [1.82, 2.24) is 0 Å². The van der Waals surface area contributed by atoms with Crippen LogP contribution in [0.25, 0.3) is 0 Å². The zero-order valence-electron chi connectivity index (χ0n) is 9.08. The monoisotopic (exact) mass is 283 g/mol. The standard InChI is InChI=1S/C13H8Cl2FNO/c14-11-6-9(17)5-10(12(11)15)13(18)7-1-3-8(16)4-2-7/h1-6H,17H2. The Morgan fingerprint density at radius 1 is 1.11 bits per heavy atom. The van der Waals surface area contributed by atoms with E-state index in [0.29, 0.717) is 11.3 Å². The summed E-state index contributed by atoms with van der Waals surface area (Å²) in [7, 11) is 0. The van der Waals surface area contributed by atoms with E-state index in [1.807, 2.05) is 0 Å². The molecular weight excluding hydrogens is 276 g/mol. The molecule has 0 saturated heterocycles. The van der Waals surface area contributed by atoms with E-state index in [4.69, 9.17) is 28.9 Å². The maximum Gasteiger partial charge on any atom is 0.194 e. The summed E-state index contributed by atoms with van der Waals surface area (Å²) in [5.74, 6) is -0.766. The summed E-state index contributed by atoms with van der Waals surface area (Å²) < 4.78 is 12.8. The summed E-state index contributed by atoms with van der Waals surface area (Å²) >= 11 is 11.8. The Morgan fingerprint density at radius 2 is 1.72 bits per heavy atom. The van der Waals surface area contributed by atoms with Gasteiger partial charge in [0.1, 0.15) is 5.82 Å². The second kappa shape index (κ2) is 4.96. The van der Waals surface area contributed by atoms with Crippen molar-refractivity contribution in [2.24, 2.45) is 0 Å². The third-order valence-corrected chi connectivity index (χ3v) is 3.20. The number of hydrogen-bond acceptors (Lipinski definition) is 2. The van der Waals surface area contributed by atoms with Gasteiger partial charge in [0.15, 0.2) is 5.78 Å². The van der Waals surface area contributed by atoms with Crippen LogP contribution in [0.2, 0.25) is 10.0 Å². The molecule has 5 heteroatoms. The number of carbonyl (C=O) groups excluding carboxylic acids is 1. The van der Waals surface area contributed by atoms with Crippen LogP contribution in [-0.2, 0) is 0 Å². The summed E-state index contributed by atoms with van der Waals surface area (Å²) in [6.07, 6.45) is 0. The number of hydrogen-bond donors (Lipinski definition) is 1. The molecule has 0 heterocycles. The molecule has 0 aliphatic rings. The Labute approximate surface area is 113 Å². The first-order valence-corrected chi connectivity index (χ1v) is 5.79. The molecule has 0 fully saturated rings. The zero-order valence-corrected chi connectivity index (χ0v) is 10.6. The summed E-state index contributed by atoms with van der Waals surface area (Å²) in [4.78, 5) is 12.2. The number of benzene rings is 2. The lowest BCUT2D eigenvalue weighted by molar-refractivity contribution is 0.103. The van der Waals surface area contributed by atoms with E-state index in [1.165, 1.54) is 36.4 Å². The molecule has 0 atom stereocenters. The molecule has 2 rings (SSSR count). The zero-order chi connectivity index (χ0) is 13.3. The molecular formula is C13H8Cl2FNO. The van der Waals surface area contributed by atoms with Crippen molar-refractivity contribution in [3.63, 3.8) is 0 Å². The maximum absolute atomic E-state index is 12.8. The molecule has 0 amide bonds. The fraction of sp³-hybridized carbons (Fsp3) is 0. The number of nitrogen functional groups attached to an aromatic ring is 1. The Kier molecular flexibility index (Phi) is 3.55. The Hall–Kier alpha value is -1.58. The fourth-order valence-corrected chi connectivity index (χ4v) is 1.95. The topological polar surface area (TPSA) is 43.1 Å². The van der Waals surface area contributed by atoms with Crippen molar-refractivity contribution in [1.29, 1.82) is 0 Å². The van der Waals surface area contributed by atoms with E-state index in [9.17, 15) is 9.18 Å². The van der Waals surface area contributed by atoms with E-state index in [2.05, 4.69) is 0 Å². The summed E-state index contributed by atoms with van der Waals surface area (Å²) in [5, 5.41) is 0.349. The molecule has 0 bridgehead atoms. The number of ketones is 1. The van der Waals surface area contributed by atoms with Crippen molar-refractivity contribution in [3.8, 4) is 0 Å². The van der Waals surface area contributed by atoms with Crippen LogP contribution in [0.15, 0.2) is 36.4 Å². The highest BCUT2D eigenvalue weighted by Crippen LogP contribution is 2.30. The molecule has 0 unspecified atom stereocenters. The van der Waals surface area contributed by atoms with Gasteiger partial charge in [0.05, 0.1) is 10.0 Å². The van der Waals surface area contributed by atoms with E-state index >= 15 is 0 Å². The molecule has 2 nitrogen and oxygen atoms in total. The molecule has 2 N–H and O–H groups in total. The van der Waals surface area contributed by atoms with Crippen LogP contribution in [-0.4, -0.2) is 5.78 Å². The molecule has 2 aromatic carbocycles. The van der Waals surface area contributed by atoms with Crippen LogP contribution in [0.3, 0.4) is 0 Å². The van der Waals surface area contributed by atoms with Crippen molar-refractivity contribution in [2.45, 2.75) is 0 Å². The highest BCUT2D eigenvalue weighted by atomic mass is 35.5. The average Bonchev–Trinajstić information content (AvgIpc) is 2.34. The van der Waals surface area contributed by atoms with Crippen LogP contribution < -0.4 is 5.73 Å². The van der Waals surface area contributed by atoms with Gasteiger partial charge in [-0.25, -0.2) is 4.39 Å². The van der Waals surface area contributed by atoms with Crippen molar-refractivity contribution in [2.75, 3.05) is 5.73 Å². The summed E-state index contributed by atoms with van der Waals surface area (Å²) in [5.41, 5.74) is 6.48. The van der Waals surface area contributed by atoms with E-state index < -0.39 is 5.82 Å². The van der Waals surface area contributed by atoms with Gasteiger partial charge >= 0.3 is 0 Å². The van der Waals surface area contributed by atoms with Gasteiger partial charge in [-0.2, -0.15) is 0 Å². The van der Waals surface area contributed by atoms with Gasteiger partial charge in [0.25, 0.3) is 0 Å². The molecule has 0 aliphatic heterocycles. The second-order valence-corrected chi connectivity index (χ2v) is 4.49. The molecule has 0 radical (unpaired) electrons. The lowest BCUT2D eigenvalue weighted by Crippen LogP contribution is -2.03. The predicted octanol–water partition coefficient (Wildman–Crippen LogP) is 3.95. The summed E-state index contributed by atoms with van der Waals surface area (Å²) in [6, 6.07) is 8.07. The smallest absolute Gasteiger partial charge is 0.194 e. The number of rotatable bonds is 2. The Bertz CT molecular complexity index is 611. The first-order chi connectivity index (χ1) is 8.49. The third-order valence-electron chi connectivity index (χ3n) is 2.40. The highest BCUT2D eigenvalue weighted by molar-refractivity contribution is 6.44. The first kappa shape index (κ1) is 12.9. The highest BCUT2D eigenvalue weighted by Gasteiger charge is 2.16. The van der Waals surface area contributed by atoms with Crippen LogP contribution in [0.1, 0.15) is 15.9 Å². The summed E-state index contributed by atoms with van der Waals surface area (Å²) in [6.45, 7) is 0. The number of anilines is 1. The normalized spacial score (nSPS) is 10.4. The number of halogens is 3. The molecule has 0 aliphatic carbocycles. The minimum Gasteiger partial charge on any atom is -0.399 e. The van der Waals surface area contributed by atoms with E-state index in [-0.39, 0.29) is 21.4 Å². The lowest BCUT2D eigenvalue weighted by atomic mass is 10.0. The molecule has 18 heavy (non-hydrogen) atoms. The number of nitrogens with two attached hydrogens (primary N) is 1. The first-order valence-electron chi connectivity index (χ1n) is 5.04. The van der Waals surface area contributed by atoms with Gasteiger partial charge in [-0.15, -0.1) is 0 Å². The largest absolute Gasteiger partial charge is 0.399 e. The van der Waals surface area contributed by atoms with E-state index in [1.54, 1.807) is 0 Å². The van der Waals surface area contributed by atoms with Crippen LogP contribution in [0, 0.1) is 5.82 Å². The number of carbonyl (C=O) groups is 1. The van der Waals surface area contributed by atoms with Crippen LogP contribution in [0.4, 0.5) is 10.1 Å². The van der Waals surface area contributed by atoms with Gasteiger partial charge in [0, 0.05) is 16.8 Å². The minimum atomic E-state index is -0.414. The molecule has 0 saturated carbocycles. The predicted molar refractivity (Wildman–Crippen MR) is 70.7 cm³/mol.